The van der Waals surface area contributed by atoms with Crippen LogP contribution in [0.1, 0.15) is 63.4 Å². The van der Waals surface area contributed by atoms with Crippen LogP contribution in [0.5, 0.6) is 0 Å². The number of halogens is 2. The number of ether oxygens (including phenoxy) is 1. The van der Waals surface area contributed by atoms with Crippen LogP contribution in [0.3, 0.4) is 0 Å². The molecule has 1 fully saturated rings. The SMILES string of the molecule is CCOC(c1nc(Cl)c(CC)c(Cl)n1)C1CCCCC1. The number of aromatic nitrogens is 2. The third-order valence-electron chi connectivity index (χ3n) is 3.96. The highest BCUT2D eigenvalue weighted by atomic mass is 35.5. The second-order valence-corrected chi connectivity index (χ2v) is 5.99. The van der Waals surface area contributed by atoms with Crippen LogP contribution in [0, 0.1) is 5.92 Å². The molecule has 0 N–H and O–H groups in total. The van der Waals surface area contributed by atoms with Crippen LogP contribution in [0.25, 0.3) is 0 Å². The van der Waals surface area contributed by atoms with Crippen molar-refractivity contribution in [2.45, 2.75) is 58.5 Å². The van der Waals surface area contributed by atoms with Crippen molar-refractivity contribution in [3.05, 3.63) is 21.7 Å². The molecule has 1 aromatic rings. The van der Waals surface area contributed by atoms with Gasteiger partial charge in [0, 0.05) is 12.2 Å². The Balaban J connectivity index is 2.28. The van der Waals surface area contributed by atoms with Crippen molar-refractivity contribution >= 4 is 23.2 Å². The fraction of sp³-hybridized carbons (Fsp3) is 0.733. The van der Waals surface area contributed by atoms with Crippen molar-refractivity contribution in [3.8, 4) is 0 Å². The molecule has 0 amide bonds. The summed E-state index contributed by atoms with van der Waals surface area (Å²) in [6.45, 7) is 4.64. The molecule has 3 nitrogen and oxygen atoms in total. The lowest BCUT2D eigenvalue weighted by molar-refractivity contribution is -0.000199. The number of hydrogen-bond donors (Lipinski definition) is 0. The van der Waals surface area contributed by atoms with Crippen molar-refractivity contribution in [2.75, 3.05) is 6.61 Å². The van der Waals surface area contributed by atoms with Crippen LogP contribution < -0.4 is 0 Å². The van der Waals surface area contributed by atoms with E-state index in [1.165, 1.54) is 32.1 Å². The molecule has 20 heavy (non-hydrogen) atoms. The molecule has 0 saturated heterocycles. The minimum atomic E-state index is -0.0822. The highest BCUT2D eigenvalue weighted by Crippen LogP contribution is 2.36. The van der Waals surface area contributed by atoms with E-state index in [2.05, 4.69) is 9.97 Å². The van der Waals surface area contributed by atoms with E-state index in [0.29, 0.717) is 28.7 Å². The lowest BCUT2D eigenvalue weighted by atomic mass is 9.85. The third kappa shape index (κ3) is 3.63. The Bertz CT molecular complexity index is 424. The van der Waals surface area contributed by atoms with E-state index in [4.69, 9.17) is 27.9 Å². The highest BCUT2D eigenvalue weighted by molar-refractivity contribution is 6.34. The summed E-state index contributed by atoms with van der Waals surface area (Å²) in [5.74, 6) is 1.12. The van der Waals surface area contributed by atoms with E-state index in [1.54, 1.807) is 0 Å². The minimum Gasteiger partial charge on any atom is -0.370 e. The van der Waals surface area contributed by atoms with Gasteiger partial charge in [-0.05, 0) is 32.1 Å². The molecule has 5 heteroatoms. The van der Waals surface area contributed by atoms with E-state index in [1.807, 2.05) is 13.8 Å². The van der Waals surface area contributed by atoms with Crippen molar-refractivity contribution < 1.29 is 4.74 Å². The van der Waals surface area contributed by atoms with Gasteiger partial charge in [-0.1, -0.05) is 49.4 Å². The lowest BCUT2D eigenvalue weighted by Gasteiger charge is -2.29. The first-order chi connectivity index (χ1) is 9.67. The van der Waals surface area contributed by atoms with E-state index >= 15 is 0 Å². The summed E-state index contributed by atoms with van der Waals surface area (Å²) in [6, 6.07) is 0. The van der Waals surface area contributed by atoms with E-state index in [9.17, 15) is 0 Å². The molecular formula is C15H22Cl2N2O. The Morgan fingerprint density at radius 2 is 1.70 bits per heavy atom. The Morgan fingerprint density at radius 1 is 1.10 bits per heavy atom. The first-order valence-corrected chi connectivity index (χ1v) is 8.26. The zero-order chi connectivity index (χ0) is 14.5. The monoisotopic (exact) mass is 316 g/mol. The van der Waals surface area contributed by atoms with E-state index in [-0.39, 0.29) is 6.10 Å². The maximum Gasteiger partial charge on any atom is 0.160 e. The zero-order valence-corrected chi connectivity index (χ0v) is 13.7. The molecule has 112 valence electrons. The van der Waals surface area contributed by atoms with Crippen LogP contribution >= 0.6 is 23.2 Å². The summed E-state index contributed by atoms with van der Waals surface area (Å²) in [4.78, 5) is 8.89. The molecule has 1 aromatic heterocycles. The number of rotatable bonds is 5. The zero-order valence-electron chi connectivity index (χ0n) is 12.2. The van der Waals surface area contributed by atoms with Gasteiger partial charge in [0.2, 0.25) is 0 Å². The fourth-order valence-electron chi connectivity index (χ4n) is 2.90. The van der Waals surface area contributed by atoms with Crippen molar-refractivity contribution in [1.29, 1.82) is 0 Å². The Kier molecular flexibility index (Phi) is 6.06. The normalized spacial score (nSPS) is 18.2. The molecule has 0 bridgehead atoms. The largest absolute Gasteiger partial charge is 0.370 e. The number of nitrogens with zero attached hydrogens (tertiary/aromatic N) is 2. The van der Waals surface area contributed by atoms with Crippen LogP contribution in [-0.4, -0.2) is 16.6 Å². The molecule has 0 aliphatic heterocycles. The second kappa shape index (κ2) is 7.58. The van der Waals surface area contributed by atoms with Gasteiger partial charge in [-0.25, -0.2) is 9.97 Å². The predicted octanol–water partition coefficient (Wildman–Crippen LogP) is 5.00. The summed E-state index contributed by atoms with van der Waals surface area (Å²) < 4.78 is 5.91. The van der Waals surface area contributed by atoms with E-state index in [0.717, 1.165) is 12.0 Å². The predicted molar refractivity (Wildman–Crippen MR) is 82.4 cm³/mol. The van der Waals surface area contributed by atoms with Crippen LogP contribution in [0.2, 0.25) is 10.3 Å². The molecule has 1 saturated carbocycles. The molecule has 0 spiro atoms. The van der Waals surface area contributed by atoms with Crippen molar-refractivity contribution in [3.63, 3.8) is 0 Å². The maximum absolute atomic E-state index is 6.23. The average molecular weight is 317 g/mol. The Hall–Kier alpha value is -0.380. The summed E-state index contributed by atoms with van der Waals surface area (Å²) in [6.07, 6.45) is 6.80. The second-order valence-electron chi connectivity index (χ2n) is 5.27. The topological polar surface area (TPSA) is 35.0 Å². The third-order valence-corrected chi connectivity index (χ3v) is 4.58. The first kappa shape index (κ1) is 16.0. The maximum atomic E-state index is 6.23. The quantitative estimate of drug-likeness (QED) is 0.717. The van der Waals surface area contributed by atoms with E-state index < -0.39 is 0 Å². The van der Waals surface area contributed by atoms with Gasteiger partial charge in [-0.2, -0.15) is 0 Å². The van der Waals surface area contributed by atoms with Gasteiger partial charge in [-0.3, -0.25) is 0 Å². The summed E-state index contributed by atoms with van der Waals surface area (Å²) >= 11 is 12.5. The molecule has 1 heterocycles. The van der Waals surface area contributed by atoms with Gasteiger partial charge < -0.3 is 4.74 Å². The summed E-state index contributed by atoms with van der Waals surface area (Å²) in [5, 5.41) is 0.922. The van der Waals surface area contributed by atoms with Crippen molar-refractivity contribution in [1.82, 2.24) is 9.97 Å². The van der Waals surface area contributed by atoms with Crippen LogP contribution in [0.4, 0.5) is 0 Å². The molecule has 1 aliphatic rings. The van der Waals surface area contributed by atoms with Crippen molar-refractivity contribution in [2.24, 2.45) is 5.92 Å². The van der Waals surface area contributed by atoms with Gasteiger partial charge in [0.05, 0.1) is 0 Å². The lowest BCUT2D eigenvalue weighted by Crippen LogP contribution is -2.21. The molecule has 1 aliphatic carbocycles. The number of hydrogen-bond acceptors (Lipinski definition) is 3. The summed E-state index contributed by atoms with van der Waals surface area (Å²) in [5.41, 5.74) is 0.816. The average Bonchev–Trinajstić information content (AvgIpc) is 2.45. The van der Waals surface area contributed by atoms with Crippen LogP contribution in [0.15, 0.2) is 0 Å². The van der Waals surface area contributed by atoms with Gasteiger partial charge >= 0.3 is 0 Å². The first-order valence-electron chi connectivity index (χ1n) is 7.50. The minimum absolute atomic E-state index is 0.0822. The molecule has 1 atom stereocenters. The fourth-order valence-corrected chi connectivity index (χ4v) is 3.57. The van der Waals surface area contributed by atoms with Gasteiger partial charge in [0.1, 0.15) is 16.4 Å². The van der Waals surface area contributed by atoms with Gasteiger partial charge in [0.25, 0.3) is 0 Å². The molecule has 2 rings (SSSR count). The molecule has 0 aromatic carbocycles. The smallest absolute Gasteiger partial charge is 0.160 e. The Labute approximate surface area is 131 Å². The highest BCUT2D eigenvalue weighted by Gasteiger charge is 2.28. The molecule has 1 unspecified atom stereocenters. The van der Waals surface area contributed by atoms with Gasteiger partial charge in [-0.15, -0.1) is 0 Å². The van der Waals surface area contributed by atoms with Crippen LogP contribution in [-0.2, 0) is 11.2 Å². The molecule has 0 radical (unpaired) electrons. The van der Waals surface area contributed by atoms with Gasteiger partial charge in [0.15, 0.2) is 5.82 Å². The standard InChI is InChI=1S/C15H22Cl2N2O/c1-3-11-13(16)18-15(19-14(11)17)12(20-4-2)10-8-6-5-7-9-10/h10,12H,3-9H2,1-2H3. The molecular weight excluding hydrogens is 295 g/mol. The Morgan fingerprint density at radius 3 is 2.20 bits per heavy atom. The summed E-state index contributed by atoms with van der Waals surface area (Å²) in [7, 11) is 0.